The zero-order valence-electron chi connectivity index (χ0n) is 10.6. The number of anilines is 2. The molecule has 1 aliphatic carbocycles. The summed E-state index contributed by atoms with van der Waals surface area (Å²) < 4.78 is 1.54. The second-order valence-corrected chi connectivity index (χ2v) is 5.00. The van der Waals surface area contributed by atoms with Crippen molar-refractivity contribution in [2.45, 2.75) is 24.7 Å². The van der Waals surface area contributed by atoms with Crippen LogP contribution >= 0.6 is 0 Å². The van der Waals surface area contributed by atoms with E-state index in [4.69, 9.17) is 11.5 Å². The predicted octanol–water partition coefficient (Wildman–Crippen LogP) is -1.73. The Hall–Kier alpha value is -1.97. The molecule has 3 rings (SSSR count). The molecule has 9 nitrogen and oxygen atoms in total. The first kappa shape index (κ1) is 13.0. The maximum absolute atomic E-state index is 10.1. The van der Waals surface area contributed by atoms with Gasteiger partial charge in [-0.1, -0.05) is 0 Å². The van der Waals surface area contributed by atoms with Gasteiger partial charge >= 0.3 is 0 Å². The van der Waals surface area contributed by atoms with Crippen LogP contribution in [0.1, 0.15) is 12.5 Å². The molecule has 0 unspecified atom stereocenters. The normalized spacial score (nSPS) is 30.1. The molecule has 0 bridgehead atoms. The maximum atomic E-state index is 10.1. The summed E-state index contributed by atoms with van der Waals surface area (Å²) in [4.78, 5) is 12.0. The molecule has 4 atom stereocenters. The highest BCUT2D eigenvalue weighted by atomic mass is 16.3. The summed E-state index contributed by atoms with van der Waals surface area (Å²) in [6.07, 6.45) is -0.404. The summed E-state index contributed by atoms with van der Waals surface area (Å²) in [6.45, 7) is -0.210. The number of rotatable bonds is 2. The number of aliphatic hydroxyl groups excluding tert-OH is 3. The van der Waals surface area contributed by atoms with Crippen LogP contribution in [0.25, 0.3) is 11.2 Å². The minimum Gasteiger partial charge on any atom is -0.396 e. The molecule has 9 heteroatoms. The Morgan fingerprint density at radius 2 is 2.00 bits per heavy atom. The van der Waals surface area contributed by atoms with Crippen LogP contribution in [0.5, 0.6) is 0 Å². The standard InChI is InChI=1S/C11H16N6O3/c12-9-6-10(15-3-14-9)17(11(13)16-6)5-1-4(2-18)7(19)8(5)20/h3-5,7-8,18-20H,1-2H2,(H2,13,16)(H2,12,14,15)/t4-,5-,7-,8+/m1/s1. The molecule has 0 aromatic carbocycles. The number of hydrogen-bond donors (Lipinski definition) is 5. The maximum Gasteiger partial charge on any atom is 0.202 e. The fourth-order valence-corrected chi connectivity index (χ4v) is 2.81. The lowest BCUT2D eigenvalue weighted by Crippen LogP contribution is -2.30. The number of fused-ring (bicyclic) bond motifs is 1. The van der Waals surface area contributed by atoms with Crippen LogP contribution in [-0.2, 0) is 0 Å². The molecule has 0 spiro atoms. The summed E-state index contributed by atoms with van der Waals surface area (Å²) >= 11 is 0. The minimum atomic E-state index is -1.05. The van der Waals surface area contributed by atoms with E-state index in [1.54, 1.807) is 0 Å². The van der Waals surface area contributed by atoms with Gasteiger partial charge in [-0.25, -0.2) is 15.0 Å². The van der Waals surface area contributed by atoms with Crippen LogP contribution in [-0.4, -0.2) is 53.7 Å². The van der Waals surface area contributed by atoms with Crippen LogP contribution in [0.2, 0.25) is 0 Å². The number of hydrogen-bond acceptors (Lipinski definition) is 8. The SMILES string of the molecule is Nc1ncnc2c1nc(N)n2[C@@H]1C[C@H](CO)[C@@H](O)[C@H]1O. The summed E-state index contributed by atoms with van der Waals surface area (Å²) in [5, 5.41) is 29.3. The van der Waals surface area contributed by atoms with Gasteiger partial charge < -0.3 is 26.8 Å². The third-order valence-corrected chi connectivity index (χ3v) is 3.87. The van der Waals surface area contributed by atoms with E-state index in [1.807, 2.05) is 0 Å². The van der Waals surface area contributed by atoms with E-state index >= 15 is 0 Å². The lowest BCUT2D eigenvalue weighted by atomic mass is 10.1. The van der Waals surface area contributed by atoms with E-state index in [9.17, 15) is 15.3 Å². The van der Waals surface area contributed by atoms with Gasteiger partial charge in [0.2, 0.25) is 5.95 Å². The molecular formula is C11H16N6O3. The monoisotopic (exact) mass is 280 g/mol. The molecule has 0 aliphatic heterocycles. The number of aromatic nitrogens is 4. The van der Waals surface area contributed by atoms with Crippen LogP contribution in [0.3, 0.4) is 0 Å². The van der Waals surface area contributed by atoms with Gasteiger partial charge in [-0.05, 0) is 6.42 Å². The van der Waals surface area contributed by atoms with Crippen molar-refractivity contribution in [1.82, 2.24) is 19.5 Å². The van der Waals surface area contributed by atoms with Crippen molar-refractivity contribution >= 4 is 22.9 Å². The average molecular weight is 280 g/mol. The van der Waals surface area contributed by atoms with Gasteiger partial charge in [-0.2, -0.15) is 0 Å². The van der Waals surface area contributed by atoms with Crippen LogP contribution in [0.15, 0.2) is 6.33 Å². The Labute approximate surface area is 113 Å². The number of nitrogens with two attached hydrogens (primary N) is 2. The Bertz CT molecular complexity index is 644. The summed E-state index contributed by atoms with van der Waals surface area (Å²) in [5.41, 5.74) is 12.4. The topological polar surface area (TPSA) is 156 Å². The molecule has 0 radical (unpaired) electrons. The Kier molecular flexibility index (Phi) is 2.96. The van der Waals surface area contributed by atoms with E-state index in [1.165, 1.54) is 10.9 Å². The largest absolute Gasteiger partial charge is 0.396 e. The van der Waals surface area contributed by atoms with Crippen LogP contribution in [0.4, 0.5) is 11.8 Å². The molecule has 7 N–H and O–H groups in total. The van der Waals surface area contributed by atoms with E-state index in [0.29, 0.717) is 17.6 Å². The van der Waals surface area contributed by atoms with Crippen molar-refractivity contribution in [1.29, 1.82) is 0 Å². The van der Waals surface area contributed by atoms with Gasteiger partial charge in [-0.15, -0.1) is 0 Å². The van der Waals surface area contributed by atoms with E-state index < -0.39 is 24.2 Å². The smallest absolute Gasteiger partial charge is 0.202 e. The Morgan fingerprint density at radius 1 is 1.25 bits per heavy atom. The van der Waals surface area contributed by atoms with Crippen molar-refractivity contribution < 1.29 is 15.3 Å². The van der Waals surface area contributed by atoms with Crippen molar-refractivity contribution in [2.24, 2.45) is 5.92 Å². The van der Waals surface area contributed by atoms with Crippen LogP contribution < -0.4 is 11.5 Å². The Morgan fingerprint density at radius 3 is 2.65 bits per heavy atom. The average Bonchev–Trinajstić information content (AvgIpc) is 2.90. The van der Waals surface area contributed by atoms with E-state index in [-0.39, 0.29) is 18.4 Å². The predicted molar refractivity (Wildman–Crippen MR) is 70.4 cm³/mol. The van der Waals surface area contributed by atoms with Gasteiger partial charge in [0.1, 0.15) is 12.4 Å². The van der Waals surface area contributed by atoms with Gasteiger partial charge in [-0.3, -0.25) is 4.57 Å². The third kappa shape index (κ3) is 1.71. The fourth-order valence-electron chi connectivity index (χ4n) is 2.81. The highest BCUT2D eigenvalue weighted by Gasteiger charge is 2.43. The van der Waals surface area contributed by atoms with Gasteiger partial charge in [0, 0.05) is 12.5 Å². The number of aliphatic hydroxyl groups is 3. The molecule has 2 heterocycles. The molecule has 0 amide bonds. The van der Waals surface area contributed by atoms with Gasteiger partial charge in [0.15, 0.2) is 17.0 Å². The molecular weight excluding hydrogens is 264 g/mol. The lowest BCUT2D eigenvalue weighted by Gasteiger charge is -2.19. The third-order valence-electron chi connectivity index (χ3n) is 3.87. The molecule has 108 valence electrons. The second kappa shape index (κ2) is 4.54. The molecule has 20 heavy (non-hydrogen) atoms. The number of nitrogen functional groups attached to an aromatic ring is 2. The summed E-state index contributed by atoms with van der Waals surface area (Å²) in [5.74, 6) is -0.0692. The van der Waals surface area contributed by atoms with E-state index in [0.717, 1.165) is 0 Å². The summed E-state index contributed by atoms with van der Waals surface area (Å²) in [7, 11) is 0. The highest BCUT2D eigenvalue weighted by Crippen LogP contribution is 2.38. The molecule has 1 fully saturated rings. The zero-order valence-corrected chi connectivity index (χ0v) is 10.6. The fraction of sp³-hybridized carbons (Fsp3) is 0.545. The summed E-state index contributed by atoms with van der Waals surface area (Å²) in [6, 6.07) is -0.513. The van der Waals surface area contributed by atoms with Crippen molar-refractivity contribution in [3.05, 3.63) is 6.33 Å². The van der Waals surface area contributed by atoms with Gasteiger partial charge in [0.25, 0.3) is 0 Å². The number of imidazole rings is 1. The first-order valence-electron chi connectivity index (χ1n) is 6.25. The minimum absolute atomic E-state index is 0.141. The van der Waals surface area contributed by atoms with Crippen LogP contribution in [0, 0.1) is 5.92 Å². The van der Waals surface area contributed by atoms with Crippen molar-refractivity contribution in [3.8, 4) is 0 Å². The van der Waals surface area contributed by atoms with Crippen molar-refractivity contribution in [3.63, 3.8) is 0 Å². The van der Waals surface area contributed by atoms with E-state index in [2.05, 4.69) is 15.0 Å². The molecule has 2 aromatic rings. The quantitative estimate of drug-likeness (QED) is 0.434. The Balaban J connectivity index is 2.11. The first-order valence-corrected chi connectivity index (χ1v) is 6.25. The zero-order chi connectivity index (χ0) is 14.4. The van der Waals surface area contributed by atoms with Crippen molar-refractivity contribution in [2.75, 3.05) is 18.1 Å². The lowest BCUT2D eigenvalue weighted by molar-refractivity contribution is -0.00348. The second-order valence-electron chi connectivity index (χ2n) is 5.00. The molecule has 0 saturated heterocycles. The first-order chi connectivity index (χ1) is 9.54. The molecule has 1 aliphatic rings. The highest BCUT2D eigenvalue weighted by molar-refractivity contribution is 5.83. The molecule has 2 aromatic heterocycles. The number of nitrogens with zero attached hydrogens (tertiary/aromatic N) is 4. The van der Waals surface area contributed by atoms with Gasteiger partial charge in [0.05, 0.1) is 12.1 Å². The molecule has 1 saturated carbocycles.